The van der Waals surface area contributed by atoms with Gasteiger partial charge in [0.2, 0.25) is 0 Å². The molecule has 0 atom stereocenters. The van der Waals surface area contributed by atoms with Crippen molar-refractivity contribution in [2.75, 3.05) is 7.11 Å². The summed E-state index contributed by atoms with van der Waals surface area (Å²) in [5.74, 6) is 1.74. The molecule has 0 aliphatic carbocycles. The van der Waals surface area contributed by atoms with Gasteiger partial charge < -0.3 is 13.9 Å². The Kier molecular flexibility index (Phi) is 4.84. The molecule has 0 saturated heterocycles. The number of fused-ring (bicyclic) bond motifs is 1. The predicted octanol–water partition coefficient (Wildman–Crippen LogP) is 5.76. The monoisotopic (exact) mass is 357 g/mol. The third kappa shape index (κ3) is 3.54. The molecule has 4 rings (SSSR count). The van der Waals surface area contributed by atoms with Crippen LogP contribution in [0.4, 0.5) is 0 Å². The minimum absolute atomic E-state index is 0.580. The van der Waals surface area contributed by atoms with Crippen LogP contribution in [0.3, 0.4) is 0 Å². The molecule has 0 amide bonds. The Balaban J connectivity index is 1.59. The summed E-state index contributed by atoms with van der Waals surface area (Å²) in [6.45, 7) is 2.77. The number of pyridine rings is 1. The number of nitrogens with zero attached hydrogens (tertiary/aromatic N) is 1. The number of ether oxygens (including phenoxy) is 2. The van der Waals surface area contributed by atoms with E-state index in [0.29, 0.717) is 6.61 Å². The van der Waals surface area contributed by atoms with Crippen molar-refractivity contribution in [3.05, 3.63) is 90.3 Å². The van der Waals surface area contributed by atoms with E-state index in [1.807, 2.05) is 42.6 Å². The number of aryl methyl sites for hydroxylation is 1. The van der Waals surface area contributed by atoms with Crippen LogP contribution in [0.15, 0.2) is 79.1 Å². The lowest BCUT2D eigenvalue weighted by Crippen LogP contribution is -1.94. The Morgan fingerprint density at radius 3 is 2.26 bits per heavy atom. The third-order valence-electron chi connectivity index (χ3n) is 4.86. The second-order valence-corrected chi connectivity index (χ2v) is 6.53. The zero-order chi connectivity index (χ0) is 18.6. The largest absolute Gasteiger partial charge is 0.495 e. The average Bonchev–Trinajstić information content (AvgIpc) is 3.11. The van der Waals surface area contributed by atoms with Crippen molar-refractivity contribution in [2.45, 2.75) is 20.0 Å². The van der Waals surface area contributed by atoms with E-state index in [4.69, 9.17) is 9.47 Å². The van der Waals surface area contributed by atoms with E-state index in [0.717, 1.165) is 17.9 Å². The van der Waals surface area contributed by atoms with Gasteiger partial charge in [0.15, 0.2) is 0 Å². The minimum atomic E-state index is 0.580. The number of benzene rings is 2. The van der Waals surface area contributed by atoms with Crippen molar-refractivity contribution >= 4 is 5.52 Å². The number of methoxy groups -OCH3 is 1. The highest BCUT2D eigenvalue weighted by atomic mass is 16.5. The van der Waals surface area contributed by atoms with Gasteiger partial charge >= 0.3 is 0 Å². The van der Waals surface area contributed by atoms with Gasteiger partial charge in [0.05, 0.1) is 13.3 Å². The van der Waals surface area contributed by atoms with Crippen molar-refractivity contribution in [3.63, 3.8) is 0 Å². The van der Waals surface area contributed by atoms with Gasteiger partial charge in [-0.15, -0.1) is 0 Å². The summed E-state index contributed by atoms with van der Waals surface area (Å²) in [5, 5.41) is 0. The standard InChI is InChI=1S/C24H23NO2/c1-3-22-23(16-25-15-21(26-2)13-14-24(22)25)19-9-11-20(12-10-19)27-17-18-7-5-4-6-8-18/h4-16H,3,17H2,1-2H3. The molecular weight excluding hydrogens is 334 g/mol. The van der Waals surface area contributed by atoms with Crippen molar-refractivity contribution in [1.29, 1.82) is 0 Å². The summed E-state index contributed by atoms with van der Waals surface area (Å²) in [4.78, 5) is 0. The maximum Gasteiger partial charge on any atom is 0.135 e. The molecule has 136 valence electrons. The van der Waals surface area contributed by atoms with Crippen LogP contribution in [-0.2, 0) is 13.0 Å². The molecule has 2 heterocycles. The van der Waals surface area contributed by atoms with Gasteiger partial charge in [-0.3, -0.25) is 0 Å². The first-order valence-electron chi connectivity index (χ1n) is 9.23. The molecule has 0 spiro atoms. The highest BCUT2D eigenvalue weighted by Gasteiger charge is 2.11. The van der Waals surface area contributed by atoms with Gasteiger partial charge in [-0.1, -0.05) is 49.4 Å². The molecule has 3 nitrogen and oxygen atoms in total. The number of aromatic nitrogens is 1. The average molecular weight is 357 g/mol. The fraction of sp³-hybridized carbons (Fsp3) is 0.167. The first kappa shape index (κ1) is 17.2. The third-order valence-corrected chi connectivity index (χ3v) is 4.86. The molecule has 3 heteroatoms. The van der Waals surface area contributed by atoms with E-state index in [9.17, 15) is 0 Å². The smallest absolute Gasteiger partial charge is 0.135 e. The van der Waals surface area contributed by atoms with Gasteiger partial charge in [-0.05, 0) is 47.4 Å². The fourth-order valence-corrected chi connectivity index (χ4v) is 3.43. The zero-order valence-corrected chi connectivity index (χ0v) is 15.7. The van der Waals surface area contributed by atoms with Crippen LogP contribution in [0.25, 0.3) is 16.6 Å². The van der Waals surface area contributed by atoms with E-state index in [1.165, 1.54) is 27.8 Å². The van der Waals surface area contributed by atoms with Crippen molar-refractivity contribution in [1.82, 2.24) is 4.40 Å². The molecule has 0 saturated carbocycles. The molecule has 0 N–H and O–H groups in total. The summed E-state index contributed by atoms with van der Waals surface area (Å²) in [6, 6.07) is 22.7. The first-order chi connectivity index (χ1) is 13.3. The number of rotatable bonds is 6. The van der Waals surface area contributed by atoms with Crippen LogP contribution in [0.5, 0.6) is 11.5 Å². The van der Waals surface area contributed by atoms with Crippen LogP contribution in [0.1, 0.15) is 18.1 Å². The van der Waals surface area contributed by atoms with Gasteiger partial charge in [0, 0.05) is 17.3 Å². The topological polar surface area (TPSA) is 22.9 Å². The molecule has 0 aliphatic heterocycles. The van der Waals surface area contributed by atoms with Crippen LogP contribution >= 0.6 is 0 Å². The van der Waals surface area contributed by atoms with Crippen LogP contribution in [0, 0.1) is 0 Å². The molecular formula is C24H23NO2. The first-order valence-corrected chi connectivity index (χ1v) is 9.23. The van der Waals surface area contributed by atoms with Gasteiger partial charge in [0.25, 0.3) is 0 Å². The molecule has 2 aromatic carbocycles. The van der Waals surface area contributed by atoms with E-state index >= 15 is 0 Å². The second kappa shape index (κ2) is 7.58. The molecule has 0 unspecified atom stereocenters. The minimum Gasteiger partial charge on any atom is -0.495 e. The number of hydrogen-bond acceptors (Lipinski definition) is 2. The fourth-order valence-electron chi connectivity index (χ4n) is 3.43. The van der Waals surface area contributed by atoms with Gasteiger partial charge in [-0.2, -0.15) is 0 Å². The van der Waals surface area contributed by atoms with E-state index in [1.54, 1.807) is 7.11 Å². The Morgan fingerprint density at radius 2 is 1.56 bits per heavy atom. The molecule has 0 fully saturated rings. The Bertz CT molecular complexity index is 1030. The van der Waals surface area contributed by atoms with Gasteiger partial charge in [-0.25, -0.2) is 0 Å². The lowest BCUT2D eigenvalue weighted by Gasteiger charge is -2.08. The van der Waals surface area contributed by atoms with E-state index < -0.39 is 0 Å². The highest BCUT2D eigenvalue weighted by molar-refractivity contribution is 5.77. The Labute approximate surface area is 159 Å². The van der Waals surface area contributed by atoms with Crippen molar-refractivity contribution in [3.8, 4) is 22.6 Å². The predicted molar refractivity (Wildman–Crippen MR) is 110 cm³/mol. The maximum atomic E-state index is 5.91. The van der Waals surface area contributed by atoms with Crippen LogP contribution in [0.2, 0.25) is 0 Å². The molecule has 0 radical (unpaired) electrons. The second-order valence-electron chi connectivity index (χ2n) is 6.53. The van der Waals surface area contributed by atoms with Crippen molar-refractivity contribution in [2.24, 2.45) is 0 Å². The molecule has 2 aromatic heterocycles. The Morgan fingerprint density at radius 1 is 0.815 bits per heavy atom. The summed E-state index contributed by atoms with van der Waals surface area (Å²) in [5.41, 5.74) is 6.18. The van der Waals surface area contributed by atoms with Gasteiger partial charge in [0.1, 0.15) is 18.1 Å². The van der Waals surface area contributed by atoms with E-state index in [-0.39, 0.29) is 0 Å². The van der Waals surface area contributed by atoms with E-state index in [2.05, 4.69) is 47.9 Å². The molecule has 4 aromatic rings. The lowest BCUT2D eigenvalue weighted by atomic mass is 10.0. The highest BCUT2D eigenvalue weighted by Crippen LogP contribution is 2.31. The van der Waals surface area contributed by atoms with Crippen LogP contribution in [-0.4, -0.2) is 11.5 Å². The van der Waals surface area contributed by atoms with Crippen LogP contribution < -0.4 is 9.47 Å². The molecule has 27 heavy (non-hydrogen) atoms. The Hall–Kier alpha value is -3.20. The lowest BCUT2D eigenvalue weighted by molar-refractivity contribution is 0.306. The summed E-state index contributed by atoms with van der Waals surface area (Å²) < 4.78 is 13.4. The summed E-state index contributed by atoms with van der Waals surface area (Å²) in [7, 11) is 1.69. The molecule has 0 aliphatic rings. The molecule has 0 bridgehead atoms. The summed E-state index contributed by atoms with van der Waals surface area (Å²) in [6.07, 6.45) is 5.18. The SMILES string of the molecule is CCc1c(-c2ccc(OCc3ccccc3)cc2)cn2cc(OC)ccc12. The number of hydrogen-bond donors (Lipinski definition) is 0. The zero-order valence-electron chi connectivity index (χ0n) is 15.7. The maximum absolute atomic E-state index is 5.91. The summed E-state index contributed by atoms with van der Waals surface area (Å²) >= 11 is 0. The quantitative estimate of drug-likeness (QED) is 0.438. The van der Waals surface area contributed by atoms with Crippen molar-refractivity contribution < 1.29 is 9.47 Å². The normalized spacial score (nSPS) is 10.9.